The summed E-state index contributed by atoms with van der Waals surface area (Å²) in [6.07, 6.45) is -0.112. The Balaban J connectivity index is 1.47. The molecule has 2 aromatic heterocycles. The molecule has 30 heavy (non-hydrogen) atoms. The molecular formula is C20H21F3N4O3. The number of carbonyl (C=O) groups excluding carboxylic acids is 2. The van der Waals surface area contributed by atoms with Gasteiger partial charge in [0.1, 0.15) is 17.8 Å². The van der Waals surface area contributed by atoms with Crippen LogP contribution in [0.25, 0.3) is 5.52 Å². The van der Waals surface area contributed by atoms with Crippen molar-refractivity contribution in [2.45, 2.75) is 50.2 Å². The molecule has 10 heteroatoms. The van der Waals surface area contributed by atoms with Crippen LogP contribution in [0.4, 0.5) is 13.2 Å². The van der Waals surface area contributed by atoms with E-state index in [1.807, 2.05) is 0 Å². The van der Waals surface area contributed by atoms with Crippen molar-refractivity contribution in [3.05, 3.63) is 29.1 Å². The predicted molar refractivity (Wildman–Crippen MR) is 99.1 cm³/mol. The minimum absolute atomic E-state index is 0.0294. The number of halogens is 3. The lowest BCUT2D eigenvalue weighted by molar-refractivity contribution is -0.142. The van der Waals surface area contributed by atoms with E-state index in [1.165, 1.54) is 11.0 Å². The number of pyridine rings is 1. The summed E-state index contributed by atoms with van der Waals surface area (Å²) in [5.74, 6) is -1.47. The fourth-order valence-corrected chi connectivity index (χ4v) is 4.25. The second-order valence-corrected chi connectivity index (χ2v) is 8.34. The Labute approximate surface area is 170 Å². The first-order chi connectivity index (χ1) is 14.2. The van der Waals surface area contributed by atoms with Gasteiger partial charge in [-0.2, -0.15) is 18.3 Å². The van der Waals surface area contributed by atoms with Crippen molar-refractivity contribution in [2.24, 2.45) is 0 Å². The molecule has 1 N–H and O–H groups in total. The lowest BCUT2D eigenvalue weighted by atomic mass is 9.91. The van der Waals surface area contributed by atoms with Gasteiger partial charge in [0.15, 0.2) is 11.4 Å². The molecule has 2 amide bonds. The van der Waals surface area contributed by atoms with Gasteiger partial charge in [0.25, 0.3) is 5.91 Å². The zero-order valence-electron chi connectivity index (χ0n) is 16.2. The Morgan fingerprint density at radius 3 is 2.43 bits per heavy atom. The summed E-state index contributed by atoms with van der Waals surface area (Å²) in [6.45, 7) is 0.471. The highest BCUT2D eigenvalue weighted by Gasteiger charge is 2.39. The fraction of sp³-hybridized carbons (Fsp3) is 0.550. The van der Waals surface area contributed by atoms with E-state index in [4.69, 9.17) is 0 Å². The van der Waals surface area contributed by atoms with Crippen molar-refractivity contribution in [1.29, 1.82) is 0 Å². The minimum atomic E-state index is -4.69. The SMILES string of the molecule is O=C(c1nn2c(C(F)(F)F)cc(C3CC3)cc2c1O)N1CCN(C2CCC2)C(=O)C1. The average Bonchev–Trinajstić information content (AvgIpc) is 3.44. The summed E-state index contributed by atoms with van der Waals surface area (Å²) in [4.78, 5) is 28.4. The Morgan fingerprint density at radius 2 is 1.87 bits per heavy atom. The molecule has 3 aliphatic rings. The highest BCUT2D eigenvalue weighted by molar-refractivity contribution is 5.99. The molecule has 160 valence electrons. The van der Waals surface area contributed by atoms with E-state index < -0.39 is 29.2 Å². The van der Waals surface area contributed by atoms with E-state index in [-0.39, 0.29) is 36.5 Å². The maximum absolute atomic E-state index is 13.6. The van der Waals surface area contributed by atoms with Crippen molar-refractivity contribution < 1.29 is 27.9 Å². The Bertz CT molecular complexity index is 1040. The van der Waals surface area contributed by atoms with Crippen LogP contribution in [0.1, 0.15) is 59.8 Å². The molecule has 0 radical (unpaired) electrons. The number of rotatable bonds is 3. The molecule has 0 aromatic carbocycles. The molecule has 0 bridgehead atoms. The normalized spacial score (nSPS) is 20.7. The van der Waals surface area contributed by atoms with Gasteiger partial charge in [0.05, 0.1) is 0 Å². The highest BCUT2D eigenvalue weighted by Crippen LogP contribution is 2.44. The lowest BCUT2D eigenvalue weighted by Gasteiger charge is -2.42. The van der Waals surface area contributed by atoms with Crippen LogP contribution in [-0.4, -0.2) is 62.0 Å². The number of hydrogen-bond donors (Lipinski definition) is 1. The van der Waals surface area contributed by atoms with Gasteiger partial charge < -0.3 is 14.9 Å². The van der Waals surface area contributed by atoms with Crippen molar-refractivity contribution in [2.75, 3.05) is 19.6 Å². The molecule has 5 rings (SSSR count). The predicted octanol–water partition coefficient (Wildman–Crippen LogP) is 2.77. The number of amides is 2. The van der Waals surface area contributed by atoms with E-state index in [9.17, 15) is 27.9 Å². The molecule has 1 saturated heterocycles. The second kappa shape index (κ2) is 6.61. The van der Waals surface area contributed by atoms with Crippen LogP contribution in [0, 0.1) is 0 Å². The van der Waals surface area contributed by atoms with Crippen LogP contribution in [0.3, 0.4) is 0 Å². The van der Waals surface area contributed by atoms with Crippen LogP contribution >= 0.6 is 0 Å². The number of piperazine rings is 1. The van der Waals surface area contributed by atoms with Gasteiger partial charge in [-0.25, -0.2) is 4.52 Å². The number of hydrogen-bond acceptors (Lipinski definition) is 4. The molecule has 3 heterocycles. The zero-order valence-corrected chi connectivity index (χ0v) is 16.2. The van der Waals surface area contributed by atoms with Crippen molar-refractivity contribution in [1.82, 2.24) is 19.4 Å². The summed E-state index contributed by atoms with van der Waals surface area (Å²) in [5, 5.41) is 14.4. The quantitative estimate of drug-likeness (QED) is 0.825. The molecule has 2 aromatic rings. The van der Waals surface area contributed by atoms with Gasteiger partial charge in [-0.1, -0.05) is 0 Å². The molecule has 3 fully saturated rings. The first-order valence-corrected chi connectivity index (χ1v) is 10.2. The van der Waals surface area contributed by atoms with Gasteiger partial charge in [-0.15, -0.1) is 0 Å². The number of fused-ring (bicyclic) bond motifs is 1. The van der Waals surface area contributed by atoms with Crippen molar-refractivity contribution in [3.8, 4) is 5.75 Å². The molecule has 0 spiro atoms. The molecule has 7 nitrogen and oxygen atoms in total. The van der Waals surface area contributed by atoms with Crippen LogP contribution in [0.2, 0.25) is 0 Å². The van der Waals surface area contributed by atoms with Gasteiger partial charge in [0, 0.05) is 19.1 Å². The van der Waals surface area contributed by atoms with Crippen LogP contribution < -0.4 is 0 Å². The molecule has 2 aliphatic carbocycles. The van der Waals surface area contributed by atoms with Crippen molar-refractivity contribution in [3.63, 3.8) is 0 Å². The van der Waals surface area contributed by atoms with Crippen LogP contribution in [-0.2, 0) is 11.0 Å². The monoisotopic (exact) mass is 422 g/mol. The number of aromatic hydroxyl groups is 1. The summed E-state index contributed by atoms with van der Waals surface area (Å²) in [7, 11) is 0. The first kappa shape index (κ1) is 19.2. The third kappa shape index (κ3) is 3.09. The van der Waals surface area contributed by atoms with Gasteiger partial charge in [0.2, 0.25) is 5.91 Å². The molecular weight excluding hydrogens is 401 g/mol. The highest BCUT2D eigenvalue weighted by atomic mass is 19.4. The first-order valence-electron chi connectivity index (χ1n) is 10.2. The van der Waals surface area contributed by atoms with Crippen LogP contribution in [0.15, 0.2) is 12.1 Å². The number of aromatic nitrogens is 2. The fourth-order valence-electron chi connectivity index (χ4n) is 4.25. The minimum Gasteiger partial charge on any atom is -0.504 e. The topological polar surface area (TPSA) is 78.2 Å². The maximum atomic E-state index is 13.6. The zero-order chi connectivity index (χ0) is 21.2. The van der Waals surface area contributed by atoms with Crippen LogP contribution in [0.5, 0.6) is 5.75 Å². The molecule has 1 aliphatic heterocycles. The maximum Gasteiger partial charge on any atom is 0.433 e. The summed E-state index contributed by atoms with van der Waals surface area (Å²) in [5.41, 5.74) is -1.15. The van der Waals surface area contributed by atoms with Gasteiger partial charge in [-0.05, 0) is 55.7 Å². The Morgan fingerprint density at radius 1 is 1.13 bits per heavy atom. The van der Waals surface area contributed by atoms with E-state index >= 15 is 0 Å². The third-order valence-electron chi connectivity index (χ3n) is 6.33. The Kier molecular flexibility index (Phi) is 4.23. The second-order valence-electron chi connectivity index (χ2n) is 8.34. The number of nitrogens with zero attached hydrogens (tertiary/aromatic N) is 4. The lowest BCUT2D eigenvalue weighted by Crippen LogP contribution is -2.56. The summed E-state index contributed by atoms with van der Waals surface area (Å²) >= 11 is 0. The number of alkyl halides is 3. The molecule has 0 atom stereocenters. The van der Waals surface area contributed by atoms with Crippen molar-refractivity contribution >= 4 is 17.3 Å². The molecule has 0 unspecified atom stereocenters. The summed E-state index contributed by atoms with van der Waals surface area (Å²) < 4.78 is 41.4. The summed E-state index contributed by atoms with van der Waals surface area (Å²) in [6, 6.07) is 2.71. The van der Waals surface area contributed by atoms with E-state index in [2.05, 4.69) is 5.10 Å². The standard InChI is InChI=1S/C20H21F3N4O3/c21-20(22,23)15-9-12(11-4-5-11)8-14-18(29)17(24-27(14)15)19(30)25-6-7-26(16(28)10-25)13-2-1-3-13/h8-9,11,13,29H,1-7,10H2. The smallest absolute Gasteiger partial charge is 0.433 e. The number of carbonyl (C=O) groups is 2. The largest absolute Gasteiger partial charge is 0.504 e. The van der Waals surface area contributed by atoms with Gasteiger partial charge in [-0.3, -0.25) is 9.59 Å². The van der Waals surface area contributed by atoms with E-state index in [0.717, 1.165) is 38.2 Å². The Hall–Kier alpha value is -2.78. The average molecular weight is 422 g/mol. The third-order valence-corrected chi connectivity index (χ3v) is 6.33. The van der Waals surface area contributed by atoms with E-state index in [0.29, 0.717) is 16.6 Å². The van der Waals surface area contributed by atoms with E-state index in [1.54, 1.807) is 4.90 Å². The van der Waals surface area contributed by atoms with Gasteiger partial charge >= 0.3 is 6.18 Å². The molecule has 2 saturated carbocycles.